The third-order valence-electron chi connectivity index (χ3n) is 3.79. The second-order valence-electron chi connectivity index (χ2n) is 5.62. The predicted octanol–water partition coefficient (Wildman–Crippen LogP) is 0.506. The Bertz CT molecular complexity index is 913. The second-order valence-corrected chi connectivity index (χ2v) is 5.62. The van der Waals surface area contributed by atoms with Gasteiger partial charge in [0.15, 0.2) is 0 Å². The number of carbonyl (C=O) groups is 2. The van der Waals surface area contributed by atoms with Crippen molar-refractivity contribution in [2.24, 2.45) is 0 Å². The molecular formula is C17H16BN3O5. The highest BCUT2D eigenvalue weighted by molar-refractivity contribution is 6.46. The van der Waals surface area contributed by atoms with E-state index in [0.29, 0.717) is 11.1 Å². The zero-order chi connectivity index (χ0) is 18.5. The Morgan fingerprint density at radius 1 is 1.12 bits per heavy atom. The van der Waals surface area contributed by atoms with Crippen LogP contribution in [0.3, 0.4) is 0 Å². The van der Waals surface area contributed by atoms with Gasteiger partial charge in [0.05, 0.1) is 12.2 Å². The summed E-state index contributed by atoms with van der Waals surface area (Å²) in [5.41, 5.74) is 1.33. The number of amides is 2. The molecule has 2 aromatic heterocycles. The second kappa shape index (κ2) is 7.81. The summed E-state index contributed by atoms with van der Waals surface area (Å²) in [4.78, 5) is 27.9. The van der Waals surface area contributed by atoms with Crippen molar-refractivity contribution in [3.05, 3.63) is 60.5 Å². The molecule has 0 saturated heterocycles. The molecule has 1 aromatic carbocycles. The van der Waals surface area contributed by atoms with Crippen molar-refractivity contribution in [3.8, 4) is 0 Å². The summed E-state index contributed by atoms with van der Waals surface area (Å²) < 4.78 is 5.40. The van der Waals surface area contributed by atoms with Crippen molar-refractivity contribution >= 4 is 35.7 Å². The fourth-order valence-electron chi connectivity index (χ4n) is 2.50. The number of fused-ring (bicyclic) bond motifs is 1. The molecule has 8 nitrogen and oxygen atoms in total. The lowest BCUT2D eigenvalue weighted by atomic mass is 9.76. The molecule has 2 heterocycles. The fraction of sp³-hybridized carbons (Fsp3) is 0.118. The van der Waals surface area contributed by atoms with Gasteiger partial charge in [-0.15, -0.1) is 0 Å². The Morgan fingerprint density at radius 2 is 1.88 bits per heavy atom. The molecule has 26 heavy (non-hydrogen) atoms. The van der Waals surface area contributed by atoms with Crippen molar-refractivity contribution < 1.29 is 24.1 Å². The van der Waals surface area contributed by atoms with Crippen molar-refractivity contribution in [2.45, 2.75) is 12.4 Å². The zero-order valence-electron chi connectivity index (χ0n) is 13.6. The van der Waals surface area contributed by atoms with E-state index in [1.54, 1.807) is 18.2 Å². The Hall–Kier alpha value is -3.17. The molecule has 0 unspecified atom stereocenters. The van der Waals surface area contributed by atoms with Crippen LogP contribution in [0.5, 0.6) is 0 Å². The molecule has 0 bridgehead atoms. The Morgan fingerprint density at radius 3 is 2.62 bits per heavy atom. The van der Waals surface area contributed by atoms with Crippen LogP contribution < -0.4 is 10.6 Å². The molecule has 0 radical (unpaired) electrons. The minimum absolute atomic E-state index is 0.0806. The van der Waals surface area contributed by atoms with E-state index in [1.165, 1.54) is 18.5 Å². The van der Waals surface area contributed by atoms with Crippen molar-refractivity contribution in [3.63, 3.8) is 0 Å². The smallest absolute Gasteiger partial charge is 0.464 e. The number of rotatable bonds is 5. The molecule has 3 aromatic rings. The van der Waals surface area contributed by atoms with Gasteiger partial charge in [0.1, 0.15) is 11.4 Å². The van der Waals surface area contributed by atoms with Crippen LogP contribution >= 0.6 is 0 Å². The van der Waals surface area contributed by atoms with E-state index in [2.05, 4.69) is 15.6 Å². The van der Waals surface area contributed by atoms with E-state index in [1.807, 2.05) is 18.2 Å². The number of hydrogen-bond donors (Lipinski definition) is 4. The van der Waals surface area contributed by atoms with Gasteiger partial charge in [-0.1, -0.05) is 24.3 Å². The number of aromatic nitrogens is 1. The molecule has 1 atom stereocenters. The Labute approximate surface area is 149 Å². The minimum Gasteiger partial charge on any atom is -0.464 e. The summed E-state index contributed by atoms with van der Waals surface area (Å²) >= 11 is 0. The largest absolute Gasteiger partial charge is 0.475 e. The van der Waals surface area contributed by atoms with Crippen LogP contribution in [-0.2, 0) is 16.0 Å². The lowest BCUT2D eigenvalue weighted by molar-refractivity contribution is -0.136. The monoisotopic (exact) mass is 353 g/mol. The van der Waals surface area contributed by atoms with Gasteiger partial charge in [-0.2, -0.15) is 0 Å². The van der Waals surface area contributed by atoms with E-state index in [9.17, 15) is 19.6 Å². The molecule has 9 heteroatoms. The van der Waals surface area contributed by atoms with Gasteiger partial charge in [0, 0.05) is 11.6 Å². The fourth-order valence-corrected chi connectivity index (χ4v) is 2.50. The maximum absolute atomic E-state index is 12.1. The zero-order valence-corrected chi connectivity index (χ0v) is 13.6. The summed E-state index contributed by atoms with van der Waals surface area (Å²) in [5, 5.41) is 24.6. The van der Waals surface area contributed by atoms with Crippen LogP contribution in [0, 0.1) is 0 Å². The first-order chi connectivity index (χ1) is 12.5. The van der Waals surface area contributed by atoms with Crippen molar-refractivity contribution in [1.29, 1.82) is 0 Å². The average molecular weight is 353 g/mol. The van der Waals surface area contributed by atoms with Gasteiger partial charge >= 0.3 is 18.9 Å². The molecule has 0 aliphatic carbocycles. The summed E-state index contributed by atoms with van der Waals surface area (Å²) in [7, 11) is -1.85. The van der Waals surface area contributed by atoms with Crippen LogP contribution in [0.2, 0.25) is 0 Å². The van der Waals surface area contributed by atoms with E-state index < -0.39 is 24.9 Å². The number of furan rings is 1. The van der Waals surface area contributed by atoms with Crippen molar-refractivity contribution in [1.82, 2.24) is 10.3 Å². The molecule has 2 amide bonds. The summed E-state index contributed by atoms with van der Waals surface area (Å²) in [6.45, 7) is 0. The Balaban J connectivity index is 1.68. The number of benzene rings is 1. The first kappa shape index (κ1) is 17.7. The number of para-hydroxylation sites is 1. The van der Waals surface area contributed by atoms with Crippen LogP contribution in [-0.4, -0.2) is 39.9 Å². The highest BCUT2D eigenvalue weighted by atomic mass is 16.4. The maximum Gasteiger partial charge on any atom is 0.475 e. The normalized spacial score (nSPS) is 11.8. The molecule has 4 N–H and O–H groups in total. The molecular weight excluding hydrogens is 337 g/mol. The third kappa shape index (κ3) is 4.08. The quantitative estimate of drug-likeness (QED) is 0.391. The van der Waals surface area contributed by atoms with E-state index in [0.717, 1.165) is 5.39 Å². The number of nitrogens with zero attached hydrogens (tertiary/aromatic N) is 1. The van der Waals surface area contributed by atoms with E-state index in [-0.39, 0.29) is 12.2 Å². The molecule has 0 aliphatic heterocycles. The van der Waals surface area contributed by atoms with Crippen LogP contribution in [0.4, 0.5) is 5.82 Å². The van der Waals surface area contributed by atoms with Gasteiger partial charge in [0.2, 0.25) is 0 Å². The summed E-state index contributed by atoms with van der Waals surface area (Å²) in [6.07, 6.45) is 3.04. The van der Waals surface area contributed by atoms with Gasteiger partial charge < -0.3 is 25.1 Å². The molecule has 3 rings (SSSR count). The minimum atomic E-state index is -1.85. The SMILES string of the molecule is O=C(Nc1ccccn1)C(=O)N[C@@H](Cc1coc2ccccc12)B(O)O. The highest BCUT2D eigenvalue weighted by Crippen LogP contribution is 2.22. The number of hydrogen-bond acceptors (Lipinski definition) is 6. The molecule has 0 fully saturated rings. The van der Waals surface area contributed by atoms with Gasteiger partial charge in [0.25, 0.3) is 0 Å². The maximum atomic E-state index is 12.1. The summed E-state index contributed by atoms with van der Waals surface area (Å²) in [5.74, 6) is -2.82. The first-order valence-corrected chi connectivity index (χ1v) is 7.88. The van der Waals surface area contributed by atoms with Gasteiger partial charge in [-0.25, -0.2) is 4.98 Å². The number of carbonyl (C=O) groups excluding carboxylic acids is 2. The van der Waals surface area contributed by atoms with Crippen molar-refractivity contribution in [2.75, 3.05) is 5.32 Å². The highest BCUT2D eigenvalue weighted by Gasteiger charge is 2.29. The number of pyridine rings is 1. The van der Waals surface area contributed by atoms with Crippen LogP contribution in [0.15, 0.2) is 59.3 Å². The average Bonchev–Trinajstić information content (AvgIpc) is 3.05. The van der Waals surface area contributed by atoms with E-state index in [4.69, 9.17) is 4.42 Å². The molecule has 132 valence electrons. The van der Waals surface area contributed by atoms with E-state index >= 15 is 0 Å². The van der Waals surface area contributed by atoms with Gasteiger partial charge in [-0.05, 0) is 30.2 Å². The van der Waals surface area contributed by atoms with Crippen LogP contribution in [0.1, 0.15) is 5.56 Å². The van der Waals surface area contributed by atoms with Gasteiger partial charge in [-0.3, -0.25) is 9.59 Å². The standard InChI is InChI=1S/C17H16BN3O5/c22-16(17(23)21-15-7-3-4-8-19-15)20-14(18(24)25)9-11-10-26-13-6-2-1-5-12(11)13/h1-8,10,14,24-25H,9H2,(H,20,22)(H,19,21,23)/t14-/m0/s1. The lowest BCUT2D eigenvalue weighted by Gasteiger charge is -2.17. The number of nitrogens with one attached hydrogen (secondary N) is 2. The molecule has 0 aliphatic rings. The lowest BCUT2D eigenvalue weighted by Crippen LogP contribution is -2.51. The van der Waals surface area contributed by atoms with Crippen LogP contribution in [0.25, 0.3) is 11.0 Å². The molecule has 0 saturated carbocycles. The predicted molar refractivity (Wildman–Crippen MR) is 94.9 cm³/mol. The number of anilines is 1. The molecule has 0 spiro atoms. The third-order valence-corrected chi connectivity index (χ3v) is 3.79. The first-order valence-electron chi connectivity index (χ1n) is 7.88. The Kier molecular flexibility index (Phi) is 5.30. The summed E-state index contributed by atoms with van der Waals surface area (Å²) in [6, 6.07) is 12.1. The topological polar surface area (TPSA) is 125 Å².